The van der Waals surface area contributed by atoms with Gasteiger partial charge in [-0.2, -0.15) is 0 Å². The quantitative estimate of drug-likeness (QED) is 0.664. The standard InChI is InChI=1S/C21H24N4O2S2/c1-14-22-20(19-18(13-28-21(19)23-14)15-5-3-2-4-6-15)24-16-9-11-25(12-10-16)29(26,27)17-7-8-17/h2-6,13,16-17H,7-12H2,1H3,(H,22,23,24). The maximum Gasteiger partial charge on any atom is 0.216 e. The summed E-state index contributed by atoms with van der Waals surface area (Å²) in [4.78, 5) is 10.3. The number of nitrogens with zero attached hydrogens (tertiary/aromatic N) is 3. The molecular formula is C21H24N4O2S2. The molecule has 2 aromatic heterocycles. The zero-order valence-electron chi connectivity index (χ0n) is 16.3. The van der Waals surface area contributed by atoms with Crippen molar-refractivity contribution in [2.45, 2.75) is 43.9 Å². The van der Waals surface area contributed by atoms with Gasteiger partial charge in [0.05, 0.1) is 10.6 Å². The van der Waals surface area contributed by atoms with Gasteiger partial charge in [-0.05, 0) is 38.2 Å². The van der Waals surface area contributed by atoms with Crippen LogP contribution in [0.2, 0.25) is 0 Å². The molecule has 3 heterocycles. The van der Waals surface area contributed by atoms with Gasteiger partial charge >= 0.3 is 0 Å². The van der Waals surface area contributed by atoms with Gasteiger partial charge in [-0.1, -0.05) is 30.3 Å². The molecule has 0 spiro atoms. The molecule has 5 rings (SSSR count). The Hall–Kier alpha value is -2.03. The van der Waals surface area contributed by atoms with Crippen molar-refractivity contribution in [2.24, 2.45) is 0 Å². The van der Waals surface area contributed by atoms with E-state index in [9.17, 15) is 8.42 Å². The zero-order chi connectivity index (χ0) is 20.0. The molecule has 3 aromatic rings. The van der Waals surface area contributed by atoms with Crippen LogP contribution in [0.4, 0.5) is 5.82 Å². The normalized spacial score (nSPS) is 18.9. The molecule has 0 bridgehead atoms. The molecule has 152 valence electrons. The Bertz CT molecular complexity index is 1130. The largest absolute Gasteiger partial charge is 0.367 e. The molecule has 29 heavy (non-hydrogen) atoms. The van der Waals surface area contributed by atoms with Crippen LogP contribution >= 0.6 is 11.3 Å². The van der Waals surface area contributed by atoms with Crippen LogP contribution in [0.1, 0.15) is 31.5 Å². The third-order valence-corrected chi connectivity index (χ3v) is 9.00. The molecule has 6 nitrogen and oxygen atoms in total. The maximum atomic E-state index is 12.5. The van der Waals surface area contributed by atoms with Crippen molar-refractivity contribution in [3.63, 3.8) is 0 Å². The van der Waals surface area contributed by atoms with E-state index in [4.69, 9.17) is 4.98 Å². The van der Waals surface area contributed by atoms with Crippen molar-refractivity contribution in [3.8, 4) is 11.1 Å². The average molecular weight is 429 g/mol. The fraction of sp³-hybridized carbons (Fsp3) is 0.429. The van der Waals surface area contributed by atoms with Crippen molar-refractivity contribution >= 4 is 37.4 Å². The Morgan fingerprint density at radius 2 is 1.79 bits per heavy atom. The number of nitrogens with one attached hydrogen (secondary N) is 1. The van der Waals surface area contributed by atoms with Crippen molar-refractivity contribution in [2.75, 3.05) is 18.4 Å². The predicted octanol–water partition coefficient (Wildman–Crippen LogP) is 4.04. The summed E-state index contributed by atoms with van der Waals surface area (Å²) in [6.07, 6.45) is 3.22. The first-order valence-electron chi connectivity index (χ1n) is 10.1. The molecule has 0 radical (unpaired) electrons. The molecule has 0 amide bonds. The maximum absolute atomic E-state index is 12.5. The Kier molecular flexibility index (Phi) is 4.80. The lowest BCUT2D eigenvalue weighted by Crippen LogP contribution is -2.43. The molecule has 1 saturated heterocycles. The Morgan fingerprint density at radius 1 is 1.07 bits per heavy atom. The second-order valence-electron chi connectivity index (χ2n) is 7.88. The lowest BCUT2D eigenvalue weighted by atomic mass is 10.0. The molecule has 1 N–H and O–H groups in total. The van der Waals surface area contributed by atoms with Crippen LogP contribution < -0.4 is 5.32 Å². The van der Waals surface area contributed by atoms with E-state index in [1.807, 2.05) is 25.1 Å². The van der Waals surface area contributed by atoms with Gasteiger partial charge in [-0.3, -0.25) is 0 Å². The molecule has 0 unspecified atom stereocenters. The highest BCUT2D eigenvalue weighted by Gasteiger charge is 2.41. The number of aromatic nitrogens is 2. The third-order valence-electron chi connectivity index (χ3n) is 5.73. The number of hydrogen-bond acceptors (Lipinski definition) is 6. The van der Waals surface area contributed by atoms with Gasteiger partial charge in [0.1, 0.15) is 16.5 Å². The van der Waals surface area contributed by atoms with Crippen molar-refractivity contribution in [3.05, 3.63) is 41.5 Å². The lowest BCUT2D eigenvalue weighted by molar-refractivity contribution is 0.329. The van der Waals surface area contributed by atoms with Crippen LogP contribution in [0.3, 0.4) is 0 Å². The molecular weight excluding hydrogens is 404 g/mol. The van der Waals surface area contributed by atoms with Gasteiger partial charge in [0.25, 0.3) is 0 Å². The van der Waals surface area contributed by atoms with Crippen LogP contribution in [0.15, 0.2) is 35.7 Å². The highest BCUT2D eigenvalue weighted by Crippen LogP contribution is 2.38. The van der Waals surface area contributed by atoms with Gasteiger partial charge in [-0.25, -0.2) is 22.7 Å². The second kappa shape index (κ2) is 7.34. The van der Waals surface area contributed by atoms with Crippen LogP contribution in [0.25, 0.3) is 21.3 Å². The van der Waals surface area contributed by atoms with Gasteiger partial charge in [0.2, 0.25) is 10.0 Å². The van der Waals surface area contributed by atoms with Crippen molar-refractivity contribution in [1.29, 1.82) is 0 Å². The molecule has 8 heteroatoms. The minimum atomic E-state index is -3.08. The summed E-state index contributed by atoms with van der Waals surface area (Å²) in [5, 5.41) is 6.68. The Balaban J connectivity index is 1.40. The number of benzene rings is 1. The van der Waals surface area contributed by atoms with E-state index < -0.39 is 10.0 Å². The fourth-order valence-electron chi connectivity index (χ4n) is 4.01. The van der Waals surface area contributed by atoms with Crippen molar-refractivity contribution in [1.82, 2.24) is 14.3 Å². The minimum absolute atomic E-state index is 0.129. The van der Waals surface area contributed by atoms with Gasteiger partial charge in [0, 0.05) is 30.1 Å². The SMILES string of the molecule is Cc1nc(NC2CCN(S(=O)(=O)C3CC3)CC2)c2c(-c3ccccc3)csc2n1. The summed E-state index contributed by atoms with van der Waals surface area (Å²) in [5.74, 6) is 1.60. The number of piperidine rings is 1. The molecule has 0 atom stereocenters. The van der Waals surface area contributed by atoms with Crippen LogP contribution in [-0.2, 0) is 10.0 Å². The summed E-state index contributed by atoms with van der Waals surface area (Å²) in [6, 6.07) is 10.5. The number of fused-ring (bicyclic) bond motifs is 1. The monoisotopic (exact) mass is 428 g/mol. The summed E-state index contributed by atoms with van der Waals surface area (Å²) >= 11 is 1.63. The summed E-state index contributed by atoms with van der Waals surface area (Å²) in [7, 11) is -3.08. The second-order valence-corrected chi connectivity index (χ2v) is 10.9. The van der Waals surface area contributed by atoms with Crippen LogP contribution in [0.5, 0.6) is 0 Å². The van der Waals surface area contributed by atoms with E-state index in [2.05, 4.69) is 27.8 Å². The minimum Gasteiger partial charge on any atom is -0.367 e. The number of thiophene rings is 1. The van der Waals surface area contributed by atoms with E-state index in [0.29, 0.717) is 13.1 Å². The van der Waals surface area contributed by atoms with Crippen molar-refractivity contribution < 1.29 is 8.42 Å². The van der Waals surface area contributed by atoms with Gasteiger partial charge < -0.3 is 5.32 Å². The van der Waals surface area contributed by atoms with Crippen LogP contribution in [0, 0.1) is 6.92 Å². The van der Waals surface area contributed by atoms with Crippen LogP contribution in [-0.4, -0.2) is 47.1 Å². The van der Waals surface area contributed by atoms with Gasteiger partial charge in [-0.15, -0.1) is 11.3 Å². The smallest absolute Gasteiger partial charge is 0.216 e. The molecule has 1 aliphatic carbocycles. The first kappa shape index (κ1) is 19.0. The summed E-state index contributed by atoms with van der Waals surface area (Å²) in [6.45, 7) is 3.08. The molecule has 1 aromatic carbocycles. The van der Waals surface area contributed by atoms with E-state index >= 15 is 0 Å². The first-order valence-corrected chi connectivity index (χ1v) is 12.5. The van der Waals surface area contributed by atoms with E-state index in [-0.39, 0.29) is 11.3 Å². The summed E-state index contributed by atoms with van der Waals surface area (Å²) < 4.78 is 26.7. The number of aryl methyl sites for hydroxylation is 1. The number of anilines is 1. The summed E-state index contributed by atoms with van der Waals surface area (Å²) in [5.41, 5.74) is 2.29. The molecule has 1 saturated carbocycles. The Labute approximate surface area is 175 Å². The van der Waals surface area contributed by atoms with E-state index in [1.54, 1.807) is 15.6 Å². The molecule has 1 aliphatic heterocycles. The third kappa shape index (κ3) is 3.65. The first-order chi connectivity index (χ1) is 14.0. The predicted molar refractivity (Wildman–Crippen MR) is 118 cm³/mol. The number of hydrogen-bond donors (Lipinski definition) is 1. The average Bonchev–Trinajstić information content (AvgIpc) is 3.50. The fourth-order valence-corrected chi connectivity index (χ4v) is 6.87. The zero-order valence-corrected chi connectivity index (χ0v) is 18.0. The highest BCUT2D eigenvalue weighted by atomic mass is 32.2. The lowest BCUT2D eigenvalue weighted by Gasteiger charge is -2.32. The highest BCUT2D eigenvalue weighted by molar-refractivity contribution is 7.90. The molecule has 2 fully saturated rings. The number of rotatable bonds is 5. The van der Waals surface area contributed by atoms with Gasteiger partial charge in [0.15, 0.2) is 0 Å². The van der Waals surface area contributed by atoms with E-state index in [1.165, 1.54) is 0 Å². The number of sulfonamides is 1. The molecule has 2 aliphatic rings. The topological polar surface area (TPSA) is 75.2 Å². The Morgan fingerprint density at radius 3 is 2.48 bits per heavy atom. The van der Waals surface area contributed by atoms with E-state index in [0.717, 1.165) is 58.7 Å².